The molecule has 2 rings (SSSR count). The summed E-state index contributed by atoms with van der Waals surface area (Å²) in [5, 5.41) is 5.99. The number of carbonyl (C=O) groups is 2. The number of benzene rings is 1. The first-order valence-electron chi connectivity index (χ1n) is 7.50. The number of nitrogens with one attached hydrogen (secondary N) is 2. The van der Waals surface area contributed by atoms with Gasteiger partial charge in [-0.3, -0.25) is 14.9 Å². The molecule has 0 bridgehead atoms. The van der Waals surface area contributed by atoms with Crippen LogP contribution >= 0.6 is 24.2 Å². The van der Waals surface area contributed by atoms with E-state index in [0.29, 0.717) is 19.6 Å². The Morgan fingerprint density at radius 3 is 2.74 bits per heavy atom. The molecule has 0 radical (unpaired) electrons. The fourth-order valence-electron chi connectivity index (χ4n) is 2.31. The summed E-state index contributed by atoms with van der Waals surface area (Å²) in [7, 11) is 0. The number of rotatable bonds is 7. The van der Waals surface area contributed by atoms with Crippen LogP contribution in [-0.2, 0) is 20.7 Å². The lowest BCUT2D eigenvalue weighted by Gasteiger charge is -2.18. The normalized spacial score (nSPS) is 17.9. The van der Waals surface area contributed by atoms with E-state index in [0.717, 1.165) is 17.2 Å². The maximum absolute atomic E-state index is 12.1. The van der Waals surface area contributed by atoms with Gasteiger partial charge in [0.25, 0.3) is 0 Å². The molecule has 1 aromatic rings. The van der Waals surface area contributed by atoms with Crippen molar-refractivity contribution < 1.29 is 14.3 Å². The number of esters is 1. The predicted molar refractivity (Wildman–Crippen MR) is 94.8 cm³/mol. The third-order valence-corrected chi connectivity index (χ3v) is 4.44. The molecule has 2 unspecified atom stereocenters. The standard InChI is InChI=1S/C16H22N2O3S.ClH/c1-2-21-16(20)13(8-12-6-4-3-5-7-12)9-17-15(19)14-10-22-11-18-14;/h3-7,13-14,18H,2,8-11H2,1H3,(H,17,19);1H. The van der Waals surface area contributed by atoms with Gasteiger partial charge in [-0.2, -0.15) is 0 Å². The van der Waals surface area contributed by atoms with Gasteiger partial charge in [0, 0.05) is 18.2 Å². The fraction of sp³-hybridized carbons (Fsp3) is 0.500. The monoisotopic (exact) mass is 358 g/mol. The van der Waals surface area contributed by atoms with Crippen molar-refractivity contribution in [1.82, 2.24) is 10.6 Å². The Bertz CT molecular complexity index is 495. The van der Waals surface area contributed by atoms with Gasteiger partial charge in [0.15, 0.2) is 0 Å². The van der Waals surface area contributed by atoms with Crippen LogP contribution in [0.2, 0.25) is 0 Å². The van der Waals surface area contributed by atoms with Crippen LogP contribution in [0, 0.1) is 5.92 Å². The molecule has 0 spiro atoms. The van der Waals surface area contributed by atoms with Gasteiger partial charge in [0.2, 0.25) is 5.91 Å². The SMILES string of the molecule is CCOC(=O)C(CNC(=O)C1CSCN1)Cc1ccccc1.Cl. The van der Waals surface area contributed by atoms with Gasteiger partial charge in [0.05, 0.1) is 18.6 Å². The number of halogens is 1. The Morgan fingerprint density at radius 1 is 1.39 bits per heavy atom. The minimum atomic E-state index is -0.361. The van der Waals surface area contributed by atoms with Gasteiger partial charge >= 0.3 is 5.97 Å². The topological polar surface area (TPSA) is 67.4 Å². The number of carbonyl (C=O) groups excluding carboxylic acids is 2. The Morgan fingerprint density at radius 2 is 2.13 bits per heavy atom. The van der Waals surface area contributed by atoms with Crippen molar-refractivity contribution in [3.63, 3.8) is 0 Å². The van der Waals surface area contributed by atoms with Crippen LogP contribution < -0.4 is 10.6 Å². The molecule has 5 nitrogen and oxygen atoms in total. The van der Waals surface area contributed by atoms with Gasteiger partial charge in [-0.1, -0.05) is 30.3 Å². The van der Waals surface area contributed by atoms with E-state index in [1.807, 2.05) is 30.3 Å². The van der Waals surface area contributed by atoms with E-state index in [4.69, 9.17) is 4.74 Å². The third-order valence-electron chi connectivity index (χ3n) is 3.50. The molecule has 2 N–H and O–H groups in total. The Kier molecular flexibility index (Phi) is 9.06. The molecule has 1 aromatic carbocycles. The molecule has 128 valence electrons. The smallest absolute Gasteiger partial charge is 0.311 e. The summed E-state index contributed by atoms with van der Waals surface area (Å²) < 4.78 is 5.12. The highest BCUT2D eigenvalue weighted by Gasteiger charge is 2.25. The van der Waals surface area contributed by atoms with Crippen molar-refractivity contribution in [1.29, 1.82) is 0 Å². The first-order chi connectivity index (χ1) is 10.7. The van der Waals surface area contributed by atoms with E-state index < -0.39 is 0 Å². The van der Waals surface area contributed by atoms with Crippen molar-refractivity contribution in [2.24, 2.45) is 5.92 Å². The predicted octanol–water partition coefficient (Wildman–Crippen LogP) is 1.61. The summed E-state index contributed by atoms with van der Waals surface area (Å²) in [4.78, 5) is 24.1. The van der Waals surface area contributed by atoms with Gasteiger partial charge in [-0.25, -0.2) is 0 Å². The highest BCUT2D eigenvalue weighted by Crippen LogP contribution is 2.12. The molecule has 1 fully saturated rings. The van der Waals surface area contributed by atoms with E-state index in [2.05, 4.69) is 10.6 Å². The van der Waals surface area contributed by atoms with Gasteiger partial charge in [0.1, 0.15) is 0 Å². The Balaban J connectivity index is 0.00000264. The van der Waals surface area contributed by atoms with Crippen LogP contribution in [0.15, 0.2) is 30.3 Å². The van der Waals surface area contributed by atoms with Gasteiger partial charge in [-0.15, -0.1) is 24.2 Å². The Hall–Kier alpha value is -1.24. The third kappa shape index (κ3) is 6.41. The zero-order valence-electron chi connectivity index (χ0n) is 13.1. The molecule has 0 saturated carbocycles. The van der Waals surface area contributed by atoms with E-state index >= 15 is 0 Å². The average Bonchev–Trinajstić information content (AvgIpc) is 3.06. The minimum Gasteiger partial charge on any atom is -0.466 e. The highest BCUT2D eigenvalue weighted by molar-refractivity contribution is 7.99. The quantitative estimate of drug-likeness (QED) is 0.725. The summed E-state index contributed by atoms with van der Waals surface area (Å²) in [5.74, 6) is 0.894. The molecule has 0 aromatic heterocycles. The minimum absolute atomic E-state index is 0. The molecule has 1 heterocycles. The van der Waals surface area contributed by atoms with Crippen LogP contribution in [0.4, 0.5) is 0 Å². The van der Waals surface area contributed by atoms with Gasteiger partial charge < -0.3 is 10.1 Å². The first-order valence-corrected chi connectivity index (χ1v) is 8.65. The molecule has 1 amide bonds. The van der Waals surface area contributed by atoms with Crippen LogP contribution in [0.5, 0.6) is 0 Å². The average molecular weight is 359 g/mol. The number of ether oxygens (including phenoxy) is 1. The van der Waals surface area contributed by atoms with Crippen LogP contribution in [-0.4, -0.2) is 42.7 Å². The van der Waals surface area contributed by atoms with Gasteiger partial charge in [-0.05, 0) is 18.9 Å². The molecular formula is C16H23ClN2O3S. The zero-order valence-corrected chi connectivity index (χ0v) is 14.8. The molecule has 2 atom stereocenters. The Labute approximate surface area is 147 Å². The molecule has 23 heavy (non-hydrogen) atoms. The largest absolute Gasteiger partial charge is 0.466 e. The molecular weight excluding hydrogens is 336 g/mol. The summed E-state index contributed by atoms with van der Waals surface area (Å²) in [5.41, 5.74) is 1.06. The second-order valence-corrected chi connectivity index (χ2v) is 6.19. The molecule has 1 aliphatic rings. The van der Waals surface area contributed by atoms with E-state index in [1.165, 1.54) is 0 Å². The maximum atomic E-state index is 12.1. The molecule has 1 saturated heterocycles. The second-order valence-electron chi connectivity index (χ2n) is 5.16. The number of amides is 1. The first kappa shape index (κ1) is 19.8. The number of hydrogen-bond donors (Lipinski definition) is 2. The summed E-state index contributed by atoms with van der Waals surface area (Å²) in [6.45, 7) is 2.43. The molecule has 1 aliphatic heterocycles. The van der Waals surface area contributed by atoms with E-state index in [-0.39, 0.29) is 36.2 Å². The van der Waals surface area contributed by atoms with Crippen molar-refractivity contribution in [2.75, 3.05) is 24.8 Å². The van der Waals surface area contributed by atoms with E-state index in [1.54, 1.807) is 18.7 Å². The summed E-state index contributed by atoms with van der Waals surface area (Å²) >= 11 is 1.70. The fourth-order valence-corrected chi connectivity index (χ4v) is 3.25. The van der Waals surface area contributed by atoms with E-state index in [9.17, 15) is 9.59 Å². The zero-order chi connectivity index (χ0) is 15.8. The maximum Gasteiger partial charge on any atom is 0.311 e. The molecule has 0 aliphatic carbocycles. The summed E-state index contributed by atoms with van der Waals surface area (Å²) in [6, 6.07) is 9.61. The van der Waals surface area contributed by atoms with Crippen molar-refractivity contribution in [2.45, 2.75) is 19.4 Å². The summed E-state index contributed by atoms with van der Waals surface area (Å²) in [6.07, 6.45) is 0.562. The van der Waals surface area contributed by atoms with Crippen LogP contribution in [0.1, 0.15) is 12.5 Å². The lowest BCUT2D eigenvalue weighted by atomic mass is 9.99. The number of hydrogen-bond acceptors (Lipinski definition) is 5. The van der Waals surface area contributed by atoms with Crippen molar-refractivity contribution in [3.05, 3.63) is 35.9 Å². The van der Waals surface area contributed by atoms with Crippen molar-refractivity contribution in [3.8, 4) is 0 Å². The van der Waals surface area contributed by atoms with Crippen LogP contribution in [0.25, 0.3) is 0 Å². The van der Waals surface area contributed by atoms with Crippen LogP contribution in [0.3, 0.4) is 0 Å². The number of thioether (sulfide) groups is 1. The highest BCUT2D eigenvalue weighted by atomic mass is 35.5. The molecule has 7 heteroatoms. The van der Waals surface area contributed by atoms with Crippen molar-refractivity contribution >= 4 is 36.0 Å². The lowest BCUT2D eigenvalue weighted by molar-refractivity contribution is -0.147. The second kappa shape index (κ2) is 10.5. The lowest BCUT2D eigenvalue weighted by Crippen LogP contribution is -2.45.